The average molecular weight is 138 g/mol. The normalized spacial score (nSPS) is 23.8. The molecule has 0 aromatic rings. The maximum atomic E-state index is 9.29. The Balaban J connectivity index is 2.32. The average Bonchev–Trinajstić information content (AvgIpc) is 2.36. The van der Waals surface area contributed by atoms with Crippen molar-refractivity contribution in [2.24, 2.45) is 0 Å². The maximum Gasteiger partial charge on any atom is 0.135 e. The van der Waals surface area contributed by atoms with Gasteiger partial charge in [-0.1, -0.05) is 6.08 Å². The molecule has 3 nitrogen and oxygen atoms in total. The van der Waals surface area contributed by atoms with Crippen LogP contribution in [0.5, 0.6) is 0 Å². The van der Waals surface area contributed by atoms with E-state index in [9.17, 15) is 5.11 Å². The van der Waals surface area contributed by atoms with Crippen molar-refractivity contribution in [1.82, 2.24) is 10.2 Å². The molecule has 2 aliphatic heterocycles. The van der Waals surface area contributed by atoms with Gasteiger partial charge in [-0.15, -0.1) is 0 Å². The summed E-state index contributed by atoms with van der Waals surface area (Å²) in [5.74, 6) is 0.413. The Hall–Kier alpha value is -0.960. The minimum Gasteiger partial charge on any atom is -0.506 e. The molecule has 2 N–H and O–H groups in total. The largest absolute Gasteiger partial charge is 0.506 e. The van der Waals surface area contributed by atoms with E-state index in [0.717, 1.165) is 25.5 Å². The van der Waals surface area contributed by atoms with Gasteiger partial charge in [0.15, 0.2) is 0 Å². The van der Waals surface area contributed by atoms with Crippen molar-refractivity contribution >= 4 is 0 Å². The van der Waals surface area contributed by atoms with Gasteiger partial charge in [-0.25, -0.2) is 0 Å². The zero-order valence-corrected chi connectivity index (χ0v) is 5.67. The van der Waals surface area contributed by atoms with Crippen molar-refractivity contribution in [3.63, 3.8) is 0 Å². The Morgan fingerprint density at radius 3 is 3.30 bits per heavy atom. The number of fused-ring (bicyclic) bond motifs is 1. The van der Waals surface area contributed by atoms with E-state index in [2.05, 4.69) is 10.2 Å². The van der Waals surface area contributed by atoms with Gasteiger partial charge < -0.3 is 10.0 Å². The molecule has 0 radical (unpaired) electrons. The Morgan fingerprint density at radius 1 is 1.60 bits per heavy atom. The van der Waals surface area contributed by atoms with Crippen LogP contribution in [-0.2, 0) is 0 Å². The predicted octanol–water partition coefficient (Wildman–Crippen LogP) is 0.189. The summed E-state index contributed by atoms with van der Waals surface area (Å²) in [4.78, 5) is 2.12. The van der Waals surface area contributed by atoms with Gasteiger partial charge in [0.25, 0.3) is 0 Å². The number of aliphatic hydroxyl groups is 1. The van der Waals surface area contributed by atoms with Gasteiger partial charge in [0.2, 0.25) is 0 Å². The number of hydrogen-bond donors (Lipinski definition) is 2. The van der Waals surface area contributed by atoms with E-state index in [1.54, 1.807) is 6.08 Å². The van der Waals surface area contributed by atoms with Gasteiger partial charge in [0.1, 0.15) is 5.76 Å². The lowest BCUT2D eigenvalue weighted by atomic mass is 10.2. The lowest BCUT2D eigenvalue weighted by Crippen LogP contribution is -2.23. The first-order valence-corrected chi connectivity index (χ1v) is 3.42. The highest BCUT2D eigenvalue weighted by Gasteiger charge is 2.20. The SMILES string of the molecule is OC1=C2CNCN2CC=C1. The first-order valence-electron chi connectivity index (χ1n) is 3.42. The van der Waals surface area contributed by atoms with E-state index in [4.69, 9.17) is 0 Å². The van der Waals surface area contributed by atoms with Crippen LogP contribution in [0.3, 0.4) is 0 Å². The number of nitrogens with zero attached hydrogens (tertiary/aromatic N) is 1. The van der Waals surface area contributed by atoms with Crippen molar-refractivity contribution in [1.29, 1.82) is 0 Å². The Kier molecular flexibility index (Phi) is 1.17. The van der Waals surface area contributed by atoms with Crippen LogP contribution in [0.1, 0.15) is 0 Å². The minimum atomic E-state index is 0.413. The highest BCUT2D eigenvalue weighted by Crippen LogP contribution is 2.16. The molecule has 3 heteroatoms. The molecule has 0 aliphatic carbocycles. The van der Waals surface area contributed by atoms with E-state index >= 15 is 0 Å². The lowest BCUT2D eigenvalue weighted by Gasteiger charge is -2.20. The van der Waals surface area contributed by atoms with Crippen LogP contribution in [0.2, 0.25) is 0 Å². The summed E-state index contributed by atoms with van der Waals surface area (Å²) in [6, 6.07) is 0. The smallest absolute Gasteiger partial charge is 0.135 e. The maximum absolute atomic E-state index is 9.29. The van der Waals surface area contributed by atoms with Crippen LogP contribution in [0, 0.1) is 0 Å². The molecule has 1 fully saturated rings. The molecule has 1 saturated heterocycles. The second-order valence-corrected chi connectivity index (χ2v) is 2.54. The molecule has 0 bridgehead atoms. The van der Waals surface area contributed by atoms with E-state index in [1.165, 1.54) is 0 Å². The standard InChI is InChI=1S/C7H10N2O/c10-7-2-1-3-9-5-8-4-6(7)9/h1-2,8,10H,3-5H2. The highest BCUT2D eigenvalue weighted by atomic mass is 16.3. The second kappa shape index (κ2) is 2.02. The summed E-state index contributed by atoms with van der Waals surface area (Å²) in [6.07, 6.45) is 3.73. The molecule has 0 unspecified atom stereocenters. The van der Waals surface area contributed by atoms with Gasteiger partial charge in [0, 0.05) is 13.1 Å². The van der Waals surface area contributed by atoms with Gasteiger partial charge in [-0.05, 0) is 6.08 Å². The molecule has 0 amide bonds. The van der Waals surface area contributed by atoms with Crippen molar-refractivity contribution in [3.8, 4) is 0 Å². The summed E-state index contributed by atoms with van der Waals surface area (Å²) < 4.78 is 0. The predicted molar refractivity (Wildman–Crippen MR) is 38.4 cm³/mol. The van der Waals surface area contributed by atoms with Gasteiger partial charge in [-0.2, -0.15) is 0 Å². The first kappa shape index (κ1) is 5.80. The van der Waals surface area contributed by atoms with Crippen LogP contribution in [0.25, 0.3) is 0 Å². The molecule has 10 heavy (non-hydrogen) atoms. The monoisotopic (exact) mass is 138 g/mol. The molecular weight excluding hydrogens is 128 g/mol. The van der Waals surface area contributed by atoms with Crippen molar-refractivity contribution in [2.45, 2.75) is 0 Å². The molecule has 0 aromatic carbocycles. The summed E-state index contributed by atoms with van der Waals surface area (Å²) in [5.41, 5.74) is 1.03. The Bertz CT molecular complexity index is 208. The van der Waals surface area contributed by atoms with Gasteiger partial charge in [0.05, 0.1) is 12.4 Å². The molecule has 54 valence electrons. The fourth-order valence-electron chi connectivity index (χ4n) is 1.33. The van der Waals surface area contributed by atoms with Crippen LogP contribution in [-0.4, -0.2) is 29.8 Å². The third-order valence-corrected chi connectivity index (χ3v) is 1.87. The number of hydrogen-bond acceptors (Lipinski definition) is 3. The van der Waals surface area contributed by atoms with Gasteiger partial charge in [-0.3, -0.25) is 5.32 Å². The molecule has 2 rings (SSSR count). The summed E-state index contributed by atoms with van der Waals surface area (Å²) >= 11 is 0. The molecule has 2 aliphatic rings. The molecule has 2 heterocycles. The molecule has 0 aromatic heterocycles. The molecule has 0 spiro atoms. The second-order valence-electron chi connectivity index (χ2n) is 2.54. The first-order chi connectivity index (χ1) is 4.88. The van der Waals surface area contributed by atoms with E-state index in [-0.39, 0.29) is 0 Å². The van der Waals surface area contributed by atoms with E-state index < -0.39 is 0 Å². The Morgan fingerprint density at radius 2 is 2.50 bits per heavy atom. The zero-order chi connectivity index (χ0) is 6.97. The zero-order valence-electron chi connectivity index (χ0n) is 5.67. The lowest BCUT2D eigenvalue weighted by molar-refractivity contribution is 0.356. The van der Waals surface area contributed by atoms with Crippen LogP contribution >= 0.6 is 0 Å². The van der Waals surface area contributed by atoms with Crippen molar-refractivity contribution in [3.05, 3.63) is 23.6 Å². The molecule has 0 saturated carbocycles. The topological polar surface area (TPSA) is 35.5 Å². The third kappa shape index (κ3) is 0.708. The fourth-order valence-corrected chi connectivity index (χ4v) is 1.33. The number of nitrogens with one attached hydrogen (secondary N) is 1. The van der Waals surface area contributed by atoms with Crippen molar-refractivity contribution < 1.29 is 5.11 Å². The van der Waals surface area contributed by atoms with Crippen LogP contribution < -0.4 is 5.32 Å². The van der Waals surface area contributed by atoms with Crippen LogP contribution in [0.15, 0.2) is 23.6 Å². The summed E-state index contributed by atoms with van der Waals surface area (Å²) in [6.45, 7) is 2.59. The fraction of sp³-hybridized carbons (Fsp3) is 0.429. The van der Waals surface area contributed by atoms with E-state index in [1.807, 2.05) is 6.08 Å². The number of aliphatic hydroxyl groups excluding tert-OH is 1. The van der Waals surface area contributed by atoms with Crippen molar-refractivity contribution in [2.75, 3.05) is 19.8 Å². The minimum absolute atomic E-state index is 0.413. The van der Waals surface area contributed by atoms with Gasteiger partial charge >= 0.3 is 0 Å². The molecular formula is C7H10N2O. The third-order valence-electron chi connectivity index (χ3n) is 1.87. The molecule has 0 atom stereocenters. The van der Waals surface area contributed by atoms with Crippen LogP contribution in [0.4, 0.5) is 0 Å². The number of rotatable bonds is 0. The summed E-state index contributed by atoms with van der Waals surface area (Å²) in [7, 11) is 0. The number of allylic oxidation sites excluding steroid dienone is 1. The quantitative estimate of drug-likeness (QED) is 0.501. The summed E-state index contributed by atoms with van der Waals surface area (Å²) in [5, 5.41) is 12.5. The van der Waals surface area contributed by atoms with E-state index in [0.29, 0.717) is 5.76 Å². The highest BCUT2D eigenvalue weighted by molar-refractivity contribution is 5.26. The Labute approximate surface area is 59.6 Å².